The molecule has 5 heteroatoms. The first-order valence-corrected chi connectivity index (χ1v) is 7.41. The Balaban J connectivity index is 1.84. The van der Waals surface area contributed by atoms with Crippen LogP contribution in [0.15, 0.2) is 18.2 Å². The van der Waals surface area contributed by atoms with E-state index in [9.17, 15) is 5.26 Å². The number of hydrogen-bond donors (Lipinski definition) is 1. The molecule has 1 aromatic carbocycles. The molecule has 5 nitrogen and oxygen atoms in total. The Kier molecular flexibility index (Phi) is 3.98. The summed E-state index contributed by atoms with van der Waals surface area (Å²) in [5, 5.41) is 21.8. The number of nitrogens with zero attached hydrogens (tertiary/aromatic N) is 4. The zero-order chi connectivity index (χ0) is 14.7. The molecule has 1 aliphatic heterocycles. The van der Waals surface area contributed by atoms with Crippen LogP contribution in [0.5, 0.6) is 0 Å². The van der Waals surface area contributed by atoms with Crippen LogP contribution in [0.1, 0.15) is 24.1 Å². The molecule has 0 saturated carbocycles. The zero-order valence-corrected chi connectivity index (χ0v) is 12.3. The first-order valence-electron chi connectivity index (χ1n) is 7.41. The Hall–Kier alpha value is -2.19. The second-order valence-corrected chi connectivity index (χ2v) is 5.53. The summed E-state index contributed by atoms with van der Waals surface area (Å²) in [6.07, 6.45) is 2.59. The third-order valence-electron chi connectivity index (χ3n) is 3.95. The number of benzene rings is 1. The normalized spacial score (nSPS) is 15.2. The second kappa shape index (κ2) is 6.06. The highest BCUT2D eigenvalue weighted by Gasteiger charge is 2.13. The van der Waals surface area contributed by atoms with Crippen LogP contribution in [0.4, 0.5) is 5.69 Å². The topological polar surface area (TPSA) is 64.8 Å². The molecular formula is C16H19N5. The molecule has 0 bridgehead atoms. The van der Waals surface area contributed by atoms with Crippen molar-refractivity contribution in [1.29, 1.82) is 5.26 Å². The van der Waals surface area contributed by atoms with Crippen molar-refractivity contribution in [3.8, 4) is 6.07 Å². The number of nitriles is 1. The Morgan fingerprint density at radius 3 is 2.86 bits per heavy atom. The largest absolute Gasteiger partial charge is 0.381 e. The highest BCUT2D eigenvalue weighted by Crippen LogP contribution is 2.25. The van der Waals surface area contributed by atoms with Gasteiger partial charge >= 0.3 is 0 Å². The van der Waals surface area contributed by atoms with Crippen molar-refractivity contribution in [2.45, 2.75) is 19.8 Å². The molecule has 3 rings (SSSR count). The van der Waals surface area contributed by atoms with Gasteiger partial charge < -0.3 is 10.2 Å². The molecule has 0 radical (unpaired) electrons. The third-order valence-corrected chi connectivity index (χ3v) is 3.95. The Morgan fingerprint density at radius 1 is 1.29 bits per heavy atom. The minimum absolute atomic E-state index is 0.370. The fourth-order valence-corrected chi connectivity index (χ4v) is 2.82. The van der Waals surface area contributed by atoms with Gasteiger partial charge in [0.2, 0.25) is 0 Å². The van der Waals surface area contributed by atoms with Crippen molar-refractivity contribution in [3.63, 3.8) is 0 Å². The summed E-state index contributed by atoms with van der Waals surface area (Å²) in [7, 11) is 0. The van der Waals surface area contributed by atoms with Crippen molar-refractivity contribution in [2.24, 2.45) is 0 Å². The lowest BCUT2D eigenvalue weighted by Gasteiger charge is -2.16. The maximum atomic E-state index is 9.26. The number of aromatic nitrogens is 2. The zero-order valence-electron chi connectivity index (χ0n) is 12.3. The number of likely N-dealkylation sites (tertiary alicyclic amines) is 1. The van der Waals surface area contributed by atoms with E-state index in [2.05, 4.69) is 32.5 Å². The van der Waals surface area contributed by atoms with E-state index in [0.717, 1.165) is 35.2 Å². The fraction of sp³-hybridized carbons (Fsp3) is 0.438. The quantitative estimate of drug-likeness (QED) is 0.931. The summed E-state index contributed by atoms with van der Waals surface area (Å²) in [5.41, 5.74) is 3.16. The molecule has 2 heterocycles. The fourth-order valence-electron chi connectivity index (χ4n) is 2.82. The maximum Gasteiger partial charge on any atom is 0.186 e. The number of aryl methyl sites for hydroxylation is 1. The van der Waals surface area contributed by atoms with E-state index in [1.165, 1.54) is 25.9 Å². The van der Waals surface area contributed by atoms with E-state index in [1.807, 2.05) is 19.1 Å². The third kappa shape index (κ3) is 2.96. The molecule has 1 N–H and O–H groups in total. The van der Waals surface area contributed by atoms with Gasteiger partial charge in [0.25, 0.3) is 0 Å². The van der Waals surface area contributed by atoms with Gasteiger partial charge in [0.05, 0.1) is 11.2 Å². The highest BCUT2D eigenvalue weighted by molar-refractivity contribution is 5.93. The molecule has 0 atom stereocenters. The Morgan fingerprint density at radius 2 is 2.10 bits per heavy atom. The van der Waals surface area contributed by atoms with Crippen LogP contribution < -0.4 is 5.32 Å². The second-order valence-electron chi connectivity index (χ2n) is 5.53. The average Bonchev–Trinajstić information content (AvgIpc) is 3.00. The molecule has 1 fully saturated rings. The minimum atomic E-state index is 0.370. The van der Waals surface area contributed by atoms with E-state index < -0.39 is 0 Å². The Bertz CT molecular complexity index is 683. The standard InChI is InChI=1S/C16H19N5/c1-12-4-5-14-13(10-12)16(15(11-17)20-19-14)18-6-9-21-7-2-3-8-21/h4-5,10H,2-3,6-9H2,1H3,(H,18,19). The van der Waals surface area contributed by atoms with E-state index in [1.54, 1.807) is 0 Å². The van der Waals surface area contributed by atoms with E-state index in [-0.39, 0.29) is 0 Å². The van der Waals surface area contributed by atoms with Crippen LogP contribution in [-0.4, -0.2) is 41.3 Å². The SMILES string of the molecule is Cc1ccc2nnc(C#N)c(NCCN3CCCC3)c2c1. The summed E-state index contributed by atoms with van der Waals surface area (Å²) in [6.45, 7) is 6.23. The van der Waals surface area contributed by atoms with Gasteiger partial charge in [0.1, 0.15) is 6.07 Å². The number of nitrogens with one attached hydrogen (secondary N) is 1. The van der Waals surface area contributed by atoms with E-state index >= 15 is 0 Å². The summed E-state index contributed by atoms with van der Waals surface area (Å²) >= 11 is 0. The lowest BCUT2D eigenvalue weighted by molar-refractivity contribution is 0.353. The van der Waals surface area contributed by atoms with Crippen LogP contribution in [0, 0.1) is 18.3 Å². The van der Waals surface area contributed by atoms with Crippen LogP contribution in [0.2, 0.25) is 0 Å². The van der Waals surface area contributed by atoms with Gasteiger partial charge in [0.15, 0.2) is 5.69 Å². The number of hydrogen-bond acceptors (Lipinski definition) is 5. The summed E-state index contributed by atoms with van der Waals surface area (Å²) in [6, 6.07) is 8.15. The van der Waals surface area contributed by atoms with Gasteiger partial charge in [-0.1, -0.05) is 11.6 Å². The number of rotatable bonds is 4. The summed E-state index contributed by atoms with van der Waals surface area (Å²) in [5.74, 6) is 0. The first-order chi connectivity index (χ1) is 10.3. The molecule has 1 saturated heterocycles. The van der Waals surface area contributed by atoms with Gasteiger partial charge in [-0.05, 0) is 45.0 Å². The van der Waals surface area contributed by atoms with E-state index in [4.69, 9.17) is 0 Å². The monoisotopic (exact) mass is 281 g/mol. The number of anilines is 1. The Labute approximate surface area is 124 Å². The minimum Gasteiger partial charge on any atom is -0.381 e. The van der Waals surface area contributed by atoms with Crippen molar-refractivity contribution >= 4 is 16.6 Å². The van der Waals surface area contributed by atoms with E-state index in [0.29, 0.717) is 5.69 Å². The van der Waals surface area contributed by atoms with Crippen LogP contribution in [0.25, 0.3) is 10.9 Å². The molecule has 1 aromatic heterocycles. The molecule has 2 aromatic rings. The van der Waals surface area contributed by atoms with Gasteiger partial charge in [-0.15, -0.1) is 10.2 Å². The molecule has 108 valence electrons. The lowest BCUT2D eigenvalue weighted by atomic mass is 10.1. The van der Waals surface area contributed by atoms with Crippen LogP contribution in [0.3, 0.4) is 0 Å². The summed E-state index contributed by atoms with van der Waals surface area (Å²) in [4.78, 5) is 2.45. The molecule has 0 spiro atoms. The molecule has 1 aliphatic rings. The molecular weight excluding hydrogens is 262 g/mol. The average molecular weight is 281 g/mol. The number of fused-ring (bicyclic) bond motifs is 1. The maximum absolute atomic E-state index is 9.26. The molecule has 0 unspecified atom stereocenters. The van der Waals surface area contributed by atoms with Crippen molar-refractivity contribution in [3.05, 3.63) is 29.5 Å². The smallest absolute Gasteiger partial charge is 0.186 e. The van der Waals surface area contributed by atoms with Gasteiger partial charge in [-0.25, -0.2) is 0 Å². The molecule has 0 amide bonds. The van der Waals surface area contributed by atoms with Gasteiger partial charge in [0, 0.05) is 18.5 Å². The first kappa shape index (κ1) is 13.8. The van der Waals surface area contributed by atoms with Crippen molar-refractivity contribution in [1.82, 2.24) is 15.1 Å². The lowest BCUT2D eigenvalue weighted by Crippen LogP contribution is -2.26. The van der Waals surface area contributed by atoms with Crippen molar-refractivity contribution < 1.29 is 0 Å². The van der Waals surface area contributed by atoms with Gasteiger partial charge in [-0.3, -0.25) is 0 Å². The summed E-state index contributed by atoms with van der Waals surface area (Å²) < 4.78 is 0. The van der Waals surface area contributed by atoms with Gasteiger partial charge in [-0.2, -0.15) is 5.26 Å². The molecule has 0 aliphatic carbocycles. The van der Waals surface area contributed by atoms with Crippen molar-refractivity contribution in [2.75, 3.05) is 31.5 Å². The predicted molar refractivity (Wildman–Crippen MR) is 83.2 cm³/mol. The predicted octanol–water partition coefficient (Wildman–Crippen LogP) is 2.32. The highest BCUT2D eigenvalue weighted by atomic mass is 15.2. The molecule has 21 heavy (non-hydrogen) atoms. The van der Waals surface area contributed by atoms with Crippen LogP contribution in [-0.2, 0) is 0 Å². The van der Waals surface area contributed by atoms with Crippen LogP contribution >= 0.6 is 0 Å².